The molecule has 0 fully saturated rings. The molecule has 3 aromatic rings. The van der Waals surface area contributed by atoms with Gasteiger partial charge in [0.25, 0.3) is 5.91 Å². The molecule has 0 saturated heterocycles. The van der Waals surface area contributed by atoms with Crippen LogP contribution in [-0.2, 0) is 23.1 Å². The SMILES string of the molecule is COc1cccc(CNC(=O)c2oc3ccccc3c2CS(C)=O)c1. The van der Waals surface area contributed by atoms with Crippen molar-refractivity contribution in [1.82, 2.24) is 5.32 Å². The Labute approximate surface area is 148 Å². The number of furan rings is 1. The largest absolute Gasteiger partial charge is 0.497 e. The summed E-state index contributed by atoms with van der Waals surface area (Å²) < 4.78 is 22.6. The summed E-state index contributed by atoms with van der Waals surface area (Å²) in [6.45, 7) is 0.349. The summed E-state index contributed by atoms with van der Waals surface area (Å²) in [5, 5.41) is 3.68. The van der Waals surface area contributed by atoms with Gasteiger partial charge in [-0.2, -0.15) is 0 Å². The van der Waals surface area contributed by atoms with Gasteiger partial charge in [-0.05, 0) is 23.8 Å². The van der Waals surface area contributed by atoms with Gasteiger partial charge >= 0.3 is 0 Å². The Bertz CT molecular complexity index is 932. The van der Waals surface area contributed by atoms with Crippen LogP contribution in [0.4, 0.5) is 0 Å². The molecule has 1 N–H and O–H groups in total. The number of fused-ring (bicyclic) bond motifs is 1. The Morgan fingerprint density at radius 1 is 1.20 bits per heavy atom. The molecule has 1 aromatic heterocycles. The van der Waals surface area contributed by atoms with Crippen molar-refractivity contribution in [3.05, 3.63) is 65.4 Å². The monoisotopic (exact) mass is 357 g/mol. The Morgan fingerprint density at radius 2 is 2.00 bits per heavy atom. The van der Waals surface area contributed by atoms with Crippen LogP contribution in [0, 0.1) is 0 Å². The van der Waals surface area contributed by atoms with E-state index in [-0.39, 0.29) is 17.4 Å². The molecule has 0 radical (unpaired) electrons. The normalized spacial score (nSPS) is 12.1. The van der Waals surface area contributed by atoms with E-state index < -0.39 is 10.8 Å². The van der Waals surface area contributed by atoms with E-state index >= 15 is 0 Å². The molecular formula is C19H19NO4S. The van der Waals surface area contributed by atoms with Crippen LogP contribution in [0.5, 0.6) is 5.75 Å². The molecule has 0 spiro atoms. The van der Waals surface area contributed by atoms with Crippen molar-refractivity contribution in [3.63, 3.8) is 0 Å². The molecule has 1 atom stereocenters. The predicted molar refractivity (Wildman–Crippen MR) is 98.1 cm³/mol. The average molecular weight is 357 g/mol. The summed E-state index contributed by atoms with van der Waals surface area (Å²) >= 11 is 0. The summed E-state index contributed by atoms with van der Waals surface area (Å²) in [5.41, 5.74) is 2.22. The molecule has 6 heteroatoms. The Kier molecular flexibility index (Phi) is 5.19. The fraction of sp³-hybridized carbons (Fsp3) is 0.211. The van der Waals surface area contributed by atoms with Crippen molar-refractivity contribution in [2.24, 2.45) is 0 Å². The maximum atomic E-state index is 12.6. The number of amides is 1. The quantitative estimate of drug-likeness (QED) is 0.735. The maximum Gasteiger partial charge on any atom is 0.287 e. The van der Waals surface area contributed by atoms with Crippen LogP contribution >= 0.6 is 0 Å². The van der Waals surface area contributed by atoms with E-state index in [1.165, 1.54) is 0 Å². The minimum absolute atomic E-state index is 0.222. The fourth-order valence-corrected chi connectivity index (χ4v) is 3.37. The topological polar surface area (TPSA) is 68.5 Å². The summed E-state index contributed by atoms with van der Waals surface area (Å²) in [6.07, 6.45) is 1.61. The first kappa shape index (κ1) is 17.2. The molecule has 0 saturated carbocycles. The third kappa shape index (κ3) is 3.91. The van der Waals surface area contributed by atoms with E-state index in [0.29, 0.717) is 17.7 Å². The van der Waals surface area contributed by atoms with Crippen LogP contribution in [0.3, 0.4) is 0 Å². The molecule has 1 amide bonds. The fourth-order valence-electron chi connectivity index (χ4n) is 2.67. The molecule has 0 aliphatic rings. The number of para-hydroxylation sites is 1. The van der Waals surface area contributed by atoms with Crippen LogP contribution in [0.25, 0.3) is 11.0 Å². The van der Waals surface area contributed by atoms with Crippen molar-refractivity contribution in [2.75, 3.05) is 13.4 Å². The van der Waals surface area contributed by atoms with Gasteiger partial charge in [-0.1, -0.05) is 30.3 Å². The van der Waals surface area contributed by atoms with Crippen LogP contribution in [0.1, 0.15) is 21.7 Å². The van der Waals surface area contributed by atoms with Gasteiger partial charge in [0.15, 0.2) is 5.76 Å². The first-order chi connectivity index (χ1) is 12.1. The number of carbonyl (C=O) groups excluding carboxylic acids is 1. The molecule has 1 heterocycles. The maximum absolute atomic E-state index is 12.6. The highest BCUT2D eigenvalue weighted by atomic mass is 32.2. The molecule has 25 heavy (non-hydrogen) atoms. The van der Waals surface area contributed by atoms with Gasteiger partial charge < -0.3 is 14.5 Å². The lowest BCUT2D eigenvalue weighted by Crippen LogP contribution is -2.23. The lowest BCUT2D eigenvalue weighted by Gasteiger charge is -2.07. The molecule has 1 unspecified atom stereocenters. The second-order valence-electron chi connectivity index (χ2n) is 5.66. The molecule has 0 aliphatic heterocycles. The zero-order valence-electron chi connectivity index (χ0n) is 14.1. The summed E-state index contributed by atoms with van der Waals surface area (Å²) in [6, 6.07) is 14.9. The van der Waals surface area contributed by atoms with Gasteiger partial charge in [0, 0.05) is 34.5 Å². The van der Waals surface area contributed by atoms with E-state index in [1.54, 1.807) is 19.4 Å². The standard InChI is InChI=1S/C19H19NO4S/c1-23-14-7-5-6-13(10-14)11-20-19(21)18-16(12-25(2)22)15-8-3-4-9-17(15)24-18/h3-10H,11-12H2,1-2H3,(H,20,21). The van der Waals surface area contributed by atoms with E-state index in [1.807, 2.05) is 42.5 Å². The molecule has 3 rings (SSSR count). The van der Waals surface area contributed by atoms with Gasteiger partial charge in [-0.25, -0.2) is 0 Å². The number of methoxy groups -OCH3 is 1. The van der Waals surface area contributed by atoms with Crippen molar-refractivity contribution < 1.29 is 18.2 Å². The average Bonchev–Trinajstić information content (AvgIpc) is 2.98. The first-order valence-corrected chi connectivity index (χ1v) is 9.52. The second-order valence-corrected chi connectivity index (χ2v) is 7.09. The Hall–Kier alpha value is -2.60. The van der Waals surface area contributed by atoms with Crippen LogP contribution < -0.4 is 10.1 Å². The van der Waals surface area contributed by atoms with Gasteiger partial charge in [0.2, 0.25) is 0 Å². The van der Waals surface area contributed by atoms with E-state index in [4.69, 9.17) is 9.15 Å². The highest BCUT2D eigenvalue weighted by Gasteiger charge is 2.21. The number of carbonyl (C=O) groups is 1. The van der Waals surface area contributed by atoms with Crippen LogP contribution in [-0.4, -0.2) is 23.5 Å². The van der Waals surface area contributed by atoms with Crippen LogP contribution in [0.15, 0.2) is 52.9 Å². The molecule has 0 aliphatic carbocycles. The number of nitrogens with one attached hydrogen (secondary N) is 1. The van der Waals surface area contributed by atoms with Gasteiger partial charge in [0.05, 0.1) is 12.9 Å². The number of hydrogen-bond donors (Lipinski definition) is 1. The zero-order valence-corrected chi connectivity index (χ0v) is 14.9. The van der Waals surface area contributed by atoms with E-state index in [2.05, 4.69) is 5.32 Å². The Morgan fingerprint density at radius 3 is 2.76 bits per heavy atom. The van der Waals surface area contributed by atoms with E-state index in [9.17, 15) is 9.00 Å². The molecule has 2 aromatic carbocycles. The second kappa shape index (κ2) is 7.53. The number of benzene rings is 2. The summed E-state index contributed by atoms with van der Waals surface area (Å²) in [5.74, 6) is 0.912. The minimum atomic E-state index is -1.08. The summed E-state index contributed by atoms with van der Waals surface area (Å²) in [4.78, 5) is 12.6. The highest BCUT2D eigenvalue weighted by Crippen LogP contribution is 2.27. The number of rotatable bonds is 6. The van der Waals surface area contributed by atoms with Crippen LogP contribution in [0.2, 0.25) is 0 Å². The number of hydrogen-bond acceptors (Lipinski definition) is 4. The van der Waals surface area contributed by atoms with Crippen molar-refractivity contribution in [2.45, 2.75) is 12.3 Å². The van der Waals surface area contributed by atoms with Gasteiger partial charge in [0.1, 0.15) is 11.3 Å². The smallest absolute Gasteiger partial charge is 0.287 e. The van der Waals surface area contributed by atoms with Crippen molar-refractivity contribution in [3.8, 4) is 5.75 Å². The van der Waals surface area contributed by atoms with E-state index in [0.717, 1.165) is 16.7 Å². The first-order valence-electron chi connectivity index (χ1n) is 7.80. The summed E-state index contributed by atoms with van der Waals surface area (Å²) in [7, 11) is 0.522. The van der Waals surface area contributed by atoms with Gasteiger partial charge in [-0.15, -0.1) is 0 Å². The molecule has 0 bridgehead atoms. The zero-order chi connectivity index (χ0) is 17.8. The lowest BCUT2D eigenvalue weighted by atomic mass is 10.1. The highest BCUT2D eigenvalue weighted by molar-refractivity contribution is 7.83. The molecular weight excluding hydrogens is 338 g/mol. The van der Waals surface area contributed by atoms with Crippen molar-refractivity contribution >= 4 is 27.7 Å². The Balaban J connectivity index is 1.84. The minimum Gasteiger partial charge on any atom is -0.497 e. The van der Waals surface area contributed by atoms with Gasteiger partial charge in [-0.3, -0.25) is 9.00 Å². The third-order valence-electron chi connectivity index (χ3n) is 3.84. The predicted octanol–water partition coefficient (Wildman–Crippen LogP) is 3.25. The lowest BCUT2D eigenvalue weighted by molar-refractivity contribution is 0.0924. The third-order valence-corrected chi connectivity index (χ3v) is 4.53. The molecule has 130 valence electrons. The molecule has 5 nitrogen and oxygen atoms in total. The number of ether oxygens (including phenoxy) is 1. The van der Waals surface area contributed by atoms with Crippen molar-refractivity contribution in [1.29, 1.82) is 0 Å².